The number of hydrogen-bond acceptors (Lipinski definition) is 5. The zero-order chi connectivity index (χ0) is 22.5. The van der Waals surface area contributed by atoms with Crippen LogP contribution >= 0.6 is 0 Å². The second-order valence-corrected chi connectivity index (χ2v) is 9.67. The molecule has 164 valence electrons. The van der Waals surface area contributed by atoms with E-state index in [9.17, 15) is 17.2 Å². The number of anilines is 1. The maximum atomic E-state index is 14.2. The Bertz CT molecular complexity index is 1450. The van der Waals surface area contributed by atoms with Crippen molar-refractivity contribution in [3.05, 3.63) is 71.9 Å². The van der Waals surface area contributed by atoms with E-state index < -0.39 is 21.7 Å². The largest absolute Gasteiger partial charge is 0.454 e. The Kier molecular flexibility index (Phi) is 4.85. The molecule has 4 aromatic rings. The fraction of sp³-hybridized carbons (Fsp3) is 0.174. The Morgan fingerprint density at radius 3 is 2.56 bits per heavy atom. The summed E-state index contributed by atoms with van der Waals surface area (Å²) in [7, 11) is -3.47. The highest BCUT2D eigenvalue weighted by Crippen LogP contribution is 2.39. The molecule has 0 spiro atoms. The Hall–Kier alpha value is -3.46. The van der Waals surface area contributed by atoms with Crippen molar-refractivity contribution in [3.63, 3.8) is 0 Å². The first kappa shape index (κ1) is 20.4. The summed E-state index contributed by atoms with van der Waals surface area (Å²) in [6.07, 6.45) is 1.27. The molecule has 1 saturated carbocycles. The highest BCUT2D eigenvalue weighted by atomic mass is 32.2. The first-order chi connectivity index (χ1) is 15.3. The number of fused-ring (bicyclic) bond motifs is 1. The quantitative estimate of drug-likeness (QED) is 0.398. The molecule has 9 heteroatoms. The van der Waals surface area contributed by atoms with E-state index in [4.69, 9.17) is 9.26 Å². The Morgan fingerprint density at radius 1 is 1.03 bits per heavy atom. The summed E-state index contributed by atoms with van der Waals surface area (Å²) in [6, 6.07) is 13.1. The van der Waals surface area contributed by atoms with Crippen LogP contribution in [0.25, 0.3) is 22.1 Å². The van der Waals surface area contributed by atoms with Crippen molar-refractivity contribution in [1.29, 1.82) is 0 Å². The van der Waals surface area contributed by atoms with Gasteiger partial charge >= 0.3 is 0 Å². The van der Waals surface area contributed by atoms with E-state index in [1.807, 2.05) is 6.07 Å². The summed E-state index contributed by atoms with van der Waals surface area (Å²) in [5.41, 5.74) is 2.87. The fourth-order valence-electron chi connectivity index (χ4n) is 3.44. The molecule has 1 aliphatic carbocycles. The van der Waals surface area contributed by atoms with E-state index in [0.29, 0.717) is 40.9 Å². The molecule has 0 atom stereocenters. The smallest absolute Gasteiger partial charge is 0.235 e. The molecule has 3 aromatic carbocycles. The van der Waals surface area contributed by atoms with Crippen LogP contribution in [-0.2, 0) is 10.0 Å². The highest BCUT2D eigenvalue weighted by molar-refractivity contribution is 7.93. The second-order valence-electron chi connectivity index (χ2n) is 7.71. The highest BCUT2D eigenvalue weighted by Gasteiger charge is 2.35. The van der Waals surface area contributed by atoms with Crippen LogP contribution in [0.5, 0.6) is 11.5 Å². The van der Waals surface area contributed by atoms with E-state index in [0.717, 1.165) is 17.5 Å². The van der Waals surface area contributed by atoms with Crippen molar-refractivity contribution < 1.29 is 26.5 Å². The number of hydrogen-bond donors (Lipinski definition) is 1. The number of nitrogens with one attached hydrogen (secondary N) is 1. The van der Waals surface area contributed by atoms with Crippen molar-refractivity contribution in [2.24, 2.45) is 0 Å². The van der Waals surface area contributed by atoms with Gasteiger partial charge in [-0.05, 0) is 67.8 Å². The molecular weight excluding hydrogens is 438 g/mol. The number of aromatic nitrogens is 1. The molecule has 1 heterocycles. The SMILES string of the molecule is Cc1noc2ccc(-c3cc(NS(=O)(=O)C4CC4)ccc3Oc3ccc(F)cc3F)cc12. The first-order valence-electron chi connectivity index (χ1n) is 9.95. The van der Waals surface area contributed by atoms with Crippen LogP contribution in [-0.4, -0.2) is 18.8 Å². The Labute approximate surface area is 182 Å². The van der Waals surface area contributed by atoms with E-state index >= 15 is 0 Å². The Morgan fingerprint density at radius 2 is 1.81 bits per heavy atom. The minimum atomic E-state index is -3.47. The summed E-state index contributed by atoms with van der Waals surface area (Å²) in [4.78, 5) is 0. The monoisotopic (exact) mass is 456 g/mol. The number of nitrogens with zero attached hydrogens (tertiary/aromatic N) is 1. The third-order valence-electron chi connectivity index (χ3n) is 5.28. The van der Waals surface area contributed by atoms with Gasteiger partial charge in [-0.1, -0.05) is 11.2 Å². The van der Waals surface area contributed by atoms with Gasteiger partial charge in [0.25, 0.3) is 0 Å². The third kappa shape index (κ3) is 3.91. The molecule has 1 aliphatic rings. The average Bonchev–Trinajstić information content (AvgIpc) is 3.56. The summed E-state index contributed by atoms with van der Waals surface area (Å²) >= 11 is 0. The second kappa shape index (κ2) is 7.59. The predicted molar refractivity (Wildman–Crippen MR) is 116 cm³/mol. The zero-order valence-electron chi connectivity index (χ0n) is 16.9. The molecule has 5 rings (SSSR count). The van der Waals surface area contributed by atoms with E-state index in [2.05, 4.69) is 9.88 Å². The van der Waals surface area contributed by atoms with Gasteiger partial charge in [0.05, 0.1) is 10.9 Å². The predicted octanol–water partition coefficient (Wildman–Crippen LogP) is 5.78. The van der Waals surface area contributed by atoms with E-state index in [1.54, 1.807) is 37.3 Å². The summed E-state index contributed by atoms with van der Waals surface area (Å²) in [6.45, 7) is 1.81. The molecule has 6 nitrogen and oxygen atoms in total. The molecule has 0 bridgehead atoms. The molecule has 1 aromatic heterocycles. The first-order valence-corrected chi connectivity index (χ1v) is 11.5. The van der Waals surface area contributed by atoms with Crippen LogP contribution < -0.4 is 9.46 Å². The van der Waals surface area contributed by atoms with Gasteiger partial charge in [0, 0.05) is 22.7 Å². The number of ether oxygens (including phenoxy) is 1. The van der Waals surface area contributed by atoms with Gasteiger partial charge in [-0.3, -0.25) is 4.72 Å². The standard InChI is InChI=1S/C23H18F2N2O4S/c1-13-18-10-14(2-7-22(18)31-26-13)19-12-16(27-32(28,29)17-5-6-17)4-9-21(19)30-23-8-3-15(24)11-20(23)25/h2-4,7-12,17,27H,5-6H2,1H3. The normalized spacial score (nSPS) is 14.0. The van der Waals surface area contributed by atoms with Gasteiger partial charge in [-0.25, -0.2) is 17.2 Å². The van der Waals surface area contributed by atoms with Crippen LogP contribution in [0.2, 0.25) is 0 Å². The lowest BCUT2D eigenvalue weighted by atomic mass is 10.0. The van der Waals surface area contributed by atoms with E-state index in [-0.39, 0.29) is 16.7 Å². The maximum Gasteiger partial charge on any atom is 0.235 e. The molecule has 0 aliphatic heterocycles. The topological polar surface area (TPSA) is 81.4 Å². The van der Waals surface area contributed by atoms with Crippen molar-refractivity contribution in [2.45, 2.75) is 25.0 Å². The van der Waals surface area contributed by atoms with Crippen LogP contribution in [0.3, 0.4) is 0 Å². The molecule has 32 heavy (non-hydrogen) atoms. The van der Waals surface area contributed by atoms with Gasteiger partial charge in [-0.15, -0.1) is 0 Å². The lowest BCUT2D eigenvalue weighted by Gasteiger charge is -2.15. The molecule has 0 amide bonds. The fourth-order valence-corrected chi connectivity index (χ4v) is 4.82. The van der Waals surface area contributed by atoms with Crippen molar-refractivity contribution in [1.82, 2.24) is 5.16 Å². The lowest BCUT2D eigenvalue weighted by Crippen LogP contribution is -2.17. The minimum absolute atomic E-state index is 0.152. The summed E-state index contributed by atoms with van der Waals surface area (Å²) in [5.74, 6) is -1.44. The third-order valence-corrected chi connectivity index (χ3v) is 7.15. The van der Waals surface area contributed by atoms with Gasteiger partial charge < -0.3 is 9.26 Å². The number of rotatable bonds is 6. The minimum Gasteiger partial charge on any atom is -0.454 e. The molecule has 0 radical (unpaired) electrons. The molecule has 1 fully saturated rings. The number of sulfonamides is 1. The molecule has 0 saturated heterocycles. The average molecular weight is 456 g/mol. The van der Waals surface area contributed by atoms with Gasteiger partial charge in [0.15, 0.2) is 17.1 Å². The summed E-state index contributed by atoms with van der Waals surface area (Å²) < 4.78 is 65.9. The van der Waals surface area contributed by atoms with Crippen LogP contribution in [0.15, 0.2) is 59.1 Å². The lowest BCUT2D eigenvalue weighted by molar-refractivity contribution is 0.439. The number of benzene rings is 3. The van der Waals surface area contributed by atoms with Gasteiger partial charge in [0.1, 0.15) is 11.6 Å². The van der Waals surface area contributed by atoms with Crippen molar-refractivity contribution in [3.8, 4) is 22.6 Å². The molecule has 0 unspecified atom stereocenters. The van der Waals surface area contributed by atoms with Gasteiger partial charge in [-0.2, -0.15) is 0 Å². The molecule has 1 N–H and O–H groups in total. The summed E-state index contributed by atoms with van der Waals surface area (Å²) in [5, 5.41) is 4.35. The van der Waals surface area contributed by atoms with E-state index in [1.165, 1.54) is 6.07 Å². The van der Waals surface area contributed by atoms with Crippen molar-refractivity contribution >= 4 is 26.7 Å². The van der Waals surface area contributed by atoms with Gasteiger partial charge in [0.2, 0.25) is 10.0 Å². The molecular formula is C23H18F2N2O4S. The van der Waals surface area contributed by atoms with Crippen LogP contribution in [0.1, 0.15) is 18.5 Å². The number of halogens is 2. The zero-order valence-corrected chi connectivity index (χ0v) is 17.7. The maximum absolute atomic E-state index is 14.2. The van der Waals surface area contributed by atoms with Crippen LogP contribution in [0.4, 0.5) is 14.5 Å². The van der Waals surface area contributed by atoms with Crippen LogP contribution in [0, 0.1) is 18.6 Å². The Balaban J connectivity index is 1.60. The van der Waals surface area contributed by atoms with Crippen molar-refractivity contribution in [2.75, 3.05) is 4.72 Å². The number of aryl methyl sites for hydroxylation is 1.